The fourth-order valence-corrected chi connectivity index (χ4v) is 1.67. The van der Waals surface area contributed by atoms with Gasteiger partial charge in [0.25, 0.3) is 0 Å². The minimum Gasteiger partial charge on any atom is -0.458 e. The van der Waals surface area contributed by atoms with Crippen molar-refractivity contribution in [2.45, 2.75) is 6.61 Å². The number of carbonyl (C=O) groups is 1. The number of nitriles is 1. The van der Waals surface area contributed by atoms with Crippen LogP contribution in [0, 0.1) is 17.1 Å². The van der Waals surface area contributed by atoms with Crippen LogP contribution in [-0.4, -0.2) is 5.97 Å². The molecule has 0 bridgehead atoms. The topological polar surface area (TPSA) is 50.1 Å². The SMILES string of the molecule is N#Cc1cccc(COC(=O)/C=C/c2ccc(F)cc2)c1. The molecule has 2 rings (SSSR count). The predicted octanol–water partition coefficient (Wildman–Crippen LogP) is 3.45. The summed E-state index contributed by atoms with van der Waals surface area (Å²) in [5.74, 6) is -0.825. The van der Waals surface area contributed by atoms with Crippen LogP contribution in [0.15, 0.2) is 54.6 Å². The van der Waals surface area contributed by atoms with Gasteiger partial charge in [-0.25, -0.2) is 9.18 Å². The number of hydrogen-bond acceptors (Lipinski definition) is 3. The second-order valence-corrected chi connectivity index (χ2v) is 4.30. The van der Waals surface area contributed by atoms with Gasteiger partial charge in [0, 0.05) is 6.08 Å². The summed E-state index contributed by atoms with van der Waals surface area (Å²) >= 11 is 0. The van der Waals surface area contributed by atoms with Gasteiger partial charge in [-0.05, 0) is 41.5 Å². The van der Waals surface area contributed by atoms with Crippen molar-refractivity contribution < 1.29 is 13.9 Å². The Kier molecular flexibility index (Phi) is 4.84. The first-order valence-electron chi connectivity index (χ1n) is 6.27. The van der Waals surface area contributed by atoms with E-state index in [4.69, 9.17) is 10.00 Å². The smallest absolute Gasteiger partial charge is 0.331 e. The number of rotatable bonds is 4. The monoisotopic (exact) mass is 281 g/mol. The summed E-state index contributed by atoms with van der Waals surface area (Å²) < 4.78 is 17.8. The van der Waals surface area contributed by atoms with Crippen molar-refractivity contribution in [1.29, 1.82) is 5.26 Å². The molecule has 0 heterocycles. The third-order valence-corrected chi connectivity index (χ3v) is 2.72. The minimum absolute atomic E-state index is 0.0993. The molecule has 0 aliphatic heterocycles. The molecular weight excluding hydrogens is 269 g/mol. The number of benzene rings is 2. The lowest BCUT2D eigenvalue weighted by molar-refractivity contribution is -0.138. The summed E-state index contributed by atoms with van der Waals surface area (Å²) in [6.07, 6.45) is 2.83. The average molecular weight is 281 g/mol. The van der Waals surface area contributed by atoms with Crippen LogP contribution in [-0.2, 0) is 16.1 Å². The molecule has 0 unspecified atom stereocenters. The highest BCUT2D eigenvalue weighted by molar-refractivity contribution is 5.87. The highest BCUT2D eigenvalue weighted by atomic mass is 19.1. The van der Waals surface area contributed by atoms with Gasteiger partial charge in [-0.1, -0.05) is 24.3 Å². The summed E-state index contributed by atoms with van der Waals surface area (Å²) in [4.78, 5) is 11.6. The molecular formula is C17H12FNO2. The Morgan fingerprint density at radius 2 is 2.00 bits per heavy atom. The maximum absolute atomic E-state index is 12.7. The molecule has 0 amide bonds. The second-order valence-electron chi connectivity index (χ2n) is 4.30. The van der Waals surface area contributed by atoms with E-state index < -0.39 is 5.97 Å². The van der Waals surface area contributed by atoms with E-state index in [-0.39, 0.29) is 12.4 Å². The zero-order valence-corrected chi connectivity index (χ0v) is 11.1. The lowest BCUT2D eigenvalue weighted by Crippen LogP contribution is -2.00. The number of esters is 1. The fraction of sp³-hybridized carbons (Fsp3) is 0.0588. The van der Waals surface area contributed by atoms with Crippen LogP contribution in [0.5, 0.6) is 0 Å². The normalized spacial score (nSPS) is 10.3. The zero-order chi connectivity index (χ0) is 15.1. The van der Waals surface area contributed by atoms with E-state index in [9.17, 15) is 9.18 Å². The Balaban J connectivity index is 1.90. The average Bonchev–Trinajstić information content (AvgIpc) is 2.52. The number of carbonyl (C=O) groups excluding carboxylic acids is 1. The Labute approximate surface area is 121 Å². The Hall–Kier alpha value is -2.93. The third-order valence-electron chi connectivity index (χ3n) is 2.72. The van der Waals surface area contributed by atoms with Crippen LogP contribution in [0.4, 0.5) is 4.39 Å². The van der Waals surface area contributed by atoms with Crippen LogP contribution in [0.3, 0.4) is 0 Å². The van der Waals surface area contributed by atoms with Gasteiger partial charge >= 0.3 is 5.97 Å². The van der Waals surface area contributed by atoms with E-state index in [1.165, 1.54) is 18.2 Å². The first kappa shape index (κ1) is 14.5. The van der Waals surface area contributed by atoms with Crippen molar-refractivity contribution in [3.05, 3.63) is 77.1 Å². The van der Waals surface area contributed by atoms with Crippen LogP contribution >= 0.6 is 0 Å². The van der Waals surface area contributed by atoms with E-state index in [0.717, 1.165) is 5.56 Å². The standard InChI is InChI=1S/C17H12FNO2/c18-16-7-4-13(5-8-16)6-9-17(20)21-12-15-3-1-2-14(10-15)11-19/h1-10H,12H2/b9-6+. The molecule has 0 radical (unpaired) electrons. The van der Waals surface area contributed by atoms with Crippen LogP contribution in [0.1, 0.15) is 16.7 Å². The van der Waals surface area contributed by atoms with E-state index in [1.807, 2.05) is 6.07 Å². The molecule has 0 fully saturated rings. The lowest BCUT2D eigenvalue weighted by atomic mass is 10.1. The van der Waals surface area contributed by atoms with E-state index in [0.29, 0.717) is 11.1 Å². The number of hydrogen-bond donors (Lipinski definition) is 0. The molecule has 4 heteroatoms. The molecule has 0 aliphatic carbocycles. The highest BCUT2D eigenvalue weighted by Gasteiger charge is 2.00. The maximum atomic E-state index is 12.7. The molecule has 0 aliphatic rings. The van der Waals surface area contributed by atoms with E-state index in [2.05, 4.69) is 0 Å². The van der Waals surface area contributed by atoms with Gasteiger partial charge in [0.15, 0.2) is 0 Å². The Morgan fingerprint density at radius 1 is 1.24 bits per heavy atom. The van der Waals surface area contributed by atoms with Gasteiger partial charge in [-0.2, -0.15) is 5.26 Å². The van der Waals surface area contributed by atoms with Gasteiger partial charge in [0.05, 0.1) is 11.6 Å². The van der Waals surface area contributed by atoms with E-state index >= 15 is 0 Å². The quantitative estimate of drug-likeness (QED) is 0.637. The first-order chi connectivity index (χ1) is 10.2. The van der Waals surface area contributed by atoms with Crippen molar-refractivity contribution in [2.75, 3.05) is 0 Å². The predicted molar refractivity (Wildman–Crippen MR) is 76.4 cm³/mol. The molecule has 0 saturated heterocycles. The van der Waals surface area contributed by atoms with Crippen molar-refractivity contribution >= 4 is 12.0 Å². The van der Waals surface area contributed by atoms with Crippen molar-refractivity contribution in [2.24, 2.45) is 0 Å². The summed E-state index contributed by atoms with van der Waals surface area (Å²) in [5.41, 5.74) is 1.97. The highest BCUT2D eigenvalue weighted by Crippen LogP contribution is 2.07. The minimum atomic E-state index is -0.498. The van der Waals surface area contributed by atoms with Crippen molar-refractivity contribution in [1.82, 2.24) is 0 Å². The largest absolute Gasteiger partial charge is 0.458 e. The Bertz CT molecular complexity index is 699. The van der Waals surface area contributed by atoms with Crippen molar-refractivity contribution in [3.8, 4) is 6.07 Å². The van der Waals surface area contributed by atoms with Gasteiger partial charge in [-0.15, -0.1) is 0 Å². The van der Waals surface area contributed by atoms with E-state index in [1.54, 1.807) is 42.5 Å². The van der Waals surface area contributed by atoms with Crippen LogP contribution < -0.4 is 0 Å². The van der Waals surface area contributed by atoms with Crippen molar-refractivity contribution in [3.63, 3.8) is 0 Å². The molecule has 2 aromatic carbocycles. The zero-order valence-electron chi connectivity index (χ0n) is 11.1. The summed E-state index contributed by atoms with van der Waals surface area (Å²) in [6.45, 7) is 0.0993. The van der Waals surface area contributed by atoms with Gasteiger partial charge in [-0.3, -0.25) is 0 Å². The van der Waals surface area contributed by atoms with Crippen LogP contribution in [0.2, 0.25) is 0 Å². The van der Waals surface area contributed by atoms with Gasteiger partial charge < -0.3 is 4.74 Å². The Morgan fingerprint density at radius 3 is 2.71 bits per heavy atom. The number of nitrogens with zero attached hydrogens (tertiary/aromatic N) is 1. The molecule has 21 heavy (non-hydrogen) atoms. The fourth-order valence-electron chi connectivity index (χ4n) is 1.67. The molecule has 0 saturated carbocycles. The lowest BCUT2D eigenvalue weighted by Gasteiger charge is -2.02. The second kappa shape index (κ2) is 7.01. The third kappa shape index (κ3) is 4.59. The molecule has 0 N–H and O–H groups in total. The van der Waals surface area contributed by atoms with Crippen LogP contribution in [0.25, 0.3) is 6.08 Å². The molecule has 2 aromatic rings. The molecule has 0 spiro atoms. The molecule has 0 atom stereocenters. The number of ether oxygens (including phenoxy) is 1. The number of halogens is 1. The molecule has 104 valence electrons. The molecule has 0 aromatic heterocycles. The summed E-state index contributed by atoms with van der Waals surface area (Å²) in [6, 6.07) is 14.6. The summed E-state index contributed by atoms with van der Waals surface area (Å²) in [7, 11) is 0. The van der Waals surface area contributed by atoms with Gasteiger partial charge in [0.1, 0.15) is 12.4 Å². The molecule has 3 nitrogen and oxygen atoms in total. The summed E-state index contributed by atoms with van der Waals surface area (Å²) in [5, 5.41) is 8.77. The first-order valence-corrected chi connectivity index (χ1v) is 6.27. The maximum Gasteiger partial charge on any atom is 0.331 e. The van der Waals surface area contributed by atoms with Gasteiger partial charge in [0.2, 0.25) is 0 Å².